The largest absolute Gasteiger partial charge is 0.480 e. The Balaban J connectivity index is 4.99. The standard InChI is InChI=1S/C15H24N2O5/c1-6-8-11(16-14(21)22-15(3,4)5)13(20)17(9-7-2)10-12(18)19/h6-7,11H,1-2,8-10H2,3-5H3,(H,16,21)(H,18,19). The molecule has 0 rings (SSSR count). The Kier molecular flexibility index (Phi) is 7.93. The lowest BCUT2D eigenvalue weighted by Gasteiger charge is -2.26. The van der Waals surface area contributed by atoms with Crippen molar-refractivity contribution in [2.24, 2.45) is 0 Å². The van der Waals surface area contributed by atoms with Gasteiger partial charge in [-0.2, -0.15) is 0 Å². The van der Waals surface area contributed by atoms with Gasteiger partial charge in [0.1, 0.15) is 18.2 Å². The molecule has 0 aliphatic heterocycles. The molecule has 7 heteroatoms. The third-order valence-corrected chi connectivity index (χ3v) is 2.38. The van der Waals surface area contributed by atoms with Crippen LogP contribution in [0.15, 0.2) is 25.3 Å². The minimum atomic E-state index is -1.15. The Morgan fingerprint density at radius 2 is 1.86 bits per heavy atom. The summed E-state index contributed by atoms with van der Waals surface area (Å²) in [6, 6.07) is -0.938. The number of alkyl carbamates (subject to hydrolysis) is 1. The normalized spacial score (nSPS) is 12.0. The molecule has 124 valence electrons. The van der Waals surface area contributed by atoms with Gasteiger partial charge in [0.2, 0.25) is 5.91 Å². The van der Waals surface area contributed by atoms with E-state index in [4.69, 9.17) is 9.84 Å². The summed E-state index contributed by atoms with van der Waals surface area (Å²) in [5, 5.41) is 11.3. The van der Waals surface area contributed by atoms with Crippen LogP contribution in [0.3, 0.4) is 0 Å². The van der Waals surface area contributed by atoms with Gasteiger partial charge >= 0.3 is 12.1 Å². The topological polar surface area (TPSA) is 95.9 Å². The second-order valence-corrected chi connectivity index (χ2v) is 5.62. The number of carboxylic acids is 1. The fourth-order valence-corrected chi connectivity index (χ4v) is 1.61. The van der Waals surface area contributed by atoms with Crippen molar-refractivity contribution in [2.75, 3.05) is 13.1 Å². The smallest absolute Gasteiger partial charge is 0.408 e. The Morgan fingerprint density at radius 1 is 1.27 bits per heavy atom. The molecule has 2 N–H and O–H groups in total. The average molecular weight is 312 g/mol. The van der Waals surface area contributed by atoms with E-state index in [1.165, 1.54) is 12.2 Å². The third-order valence-electron chi connectivity index (χ3n) is 2.38. The quantitative estimate of drug-likeness (QED) is 0.663. The van der Waals surface area contributed by atoms with Gasteiger partial charge < -0.3 is 20.1 Å². The maximum Gasteiger partial charge on any atom is 0.408 e. The van der Waals surface area contributed by atoms with E-state index in [0.29, 0.717) is 0 Å². The van der Waals surface area contributed by atoms with Crippen LogP contribution in [-0.4, -0.2) is 52.7 Å². The predicted molar refractivity (Wildman–Crippen MR) is 82.4 cm³/mol. The fraction of sp³-hybridized carbons (Fsp3) is 0.533. The van der Waals surface area contributed by atoms with Crippen LogP contribution in [0.2, 0.25) is 0 Å². The van der Waals surface area contributed by atoms with Gasteiger partial charge in [-0.1, -0.05) is 12.2 Å². The molecule has 1 atom stereocenters. The highest BCUT2D eigenvalue weighted by molar-refractivity contribution is 5.88. The number of amides is 2. The zero-order valence-corrected chi connectivity index (χ0v) is 13.3. The average Bonchev–Trinajstić information content (AvgIpc) is 2.34. The molecule has 0 saturated heterocycles. The van der Waals surface area contributed by atoms with Gasteiger partial charge in [0, 0.05) is 6.54 Å². The van der Waals surface area contributed by atoms with Crippen molar-refractivity contribution in [3.63, 3.8) is 0 Å². The van der Waals surface area contributed by atoms with E-state index in [0.717, 1.165) is 4.90 Å². The third kappa shape index (κ3) is 8.08. The predicted octanol–water partition coefficient (Wildman–Crippen LogP) is 1.55. The Labute approximate surface area is 130 Å². The van der Waals surface area contributed by atoms with Gasteiger partial charge in [-0.25, -0.2) is 4.79 Å². The van der Waals surface area contributed by atoms with Crippen molar-refractivity contribution in [3.8, 4) is 0 Å². The second kappa shape index (κ2) is 8.86. The first-order chi connectivity index (χ1) is 10.1. The van der Waals surface area contributed by atoms with Crippen LogP contribution in [0.4, 0.5) is 4.79 Å². The number of hydrogen-bond donors (Lipinski definition) is 2. The molecule has 2 amide bonds. The molecule has 0 radical (unpaired) electrons. The minimum absolute atomic E-state index is 0.0643. The molecule has 0 fully saturated rings. The lowest BCUT2D eigenvalue weighted by Crippen LogP contribution is -2.50. The monoisotopic (exact) mass is 312 g/mol. The maximum absolute atomic E-state index is 12.4. The fourth-order valence-electron chi connectivity index (χ4n) is 1.61. The van der Waals surface area contributed by atoms with E-state index in [1.54, 1.807) is 20.8 Å². The molecular weight excluding hydrogens is 288 g/mol. The summed E-state index contributed by atoms with van der Waals surface area (Å²) in [6.45, 7) is 11.7. The van der Waals surface area contributed by atoms with E-state index in [-0.39, 0.29) is 13.0 Å². The molecule has 0 spiro atoms. The van der Waals surface area contributed by atoms with Crippen molar-refractivity contribution in [1.29, 1.82) is 0 Å². The number of nitrogens with one attached hydrogen (secondary N) is 1. The summed E-state index contributed by atoms with van der Waals surface area (Å²) in [4.78, 5) is 36.0. The Morgan fingerprint density at radius 3 is 2.27 bits per heavy atom. The molecule has 0 aliphatic carbocycles. The van der Waals surface area contributed by atoms with Crippen molar-refractivity contribution < 1.29 is 24.2 Å². The van der Waals surface area contributed by atoms with Crippen molar-refractivity contribution in [2.45, 2.75) is 38.8 Å². The molecule has 7 nitrogen and oxygen atoms in total. The summed E-state index contributed by atoms with van der Waals surface area (Å²) in [7, 11) is 0. The van der Waals surface area contributed by atoms with Gasteiger partial charge in [0.05, 0.1) is 0 Å². The summed E-state index contributed by atoms with van der Waals surface area (Å²) in [6.07, 6.45) is 2.29. The lowest BCUT2D eigenvalue weighted by molar-refractivity contribution is -0.144. The molecule has 0 aromatic carbocycles. The van der Waals surface area contributed by atoms with E-state index in [1.807, 2.05) is 0 Å². The summed E-state index contributed by atoms with van der Waals surface area (Å²) in [5.74, 6) is -1.68. The number of rotatable bonds is 8. The summed E-state index contributed by atoms with van der Waals surface area (Å²) in [5.41, 5.74) is -0.701. The zero-order valence-electron chi connectivity index (χ0n) is 13.3. The van der Waals surface area contributed by atoms with Crippen molar-refractivity contribution in [1.82, 2.24) is 10.2 Å². The molecule has 0 saturated carbocycles. The zero-order chi connectivity index (χ0) is 17.3. The lowest BCUT2D eigenvalue weighted by atomic mass is 10.1. The first-order valence-corrected chi connectivity index (χ1v) is 6.82. The highest BCUT2D eigenvalue weighted by Crippen LogP contribution is 2.08. The van der Waals surface area contributed by atoms with Gasteiger partial charge in [0.15, 0.2) is 0 Å². The maximum atomic E-state index is 12.4. The first kappa shape index (κ1) is 19.7. The van der Waals surface area contributed by atoms with Crippen LogP contribution in [0.5, 0.6) is 0 Å². The molecular formula is C15H24N2O5. The van der Waals surface area contributed by atoms with Gasteiger partial charge in [-0.05, 0) is 27.2 Å². The molecule has 0 bridgehead atoms. The van der Waals surface area contributed by atoms with E-state index in [2.05, 4.69) is 18.5 Å². The number of hydrogen-bond acceptors (Lipinski definition) is 4. The number of nitrogens with zero attached hydrogens (tertiary/aromatic N) is 1. The Bertz CT molecular complexity index is 440. The second-order valence-electron chi connectivity index (χ2n) is 5.62. The minimum Gasteiger partial charge on any atom is -0.480 e. The van der Waals surface area contributed by atoms with Crippen LogP contribution < -0.4 is 5.32 Å². The van der Waals surface area contributed by atoms with E-state index < -0.39 is 36.2 Å². The van der Waals surface area contributed by atoms with E-state index >= 15 is 0 Å². The van der Waals surface area contributed by atoms with Crippen LogP contribution >= 0.6 is 0 Å². The van der Waals surface area contributed by atoms with Crippen LogP contribution in [-0.2, 0) is 14.3 Å². The highest BCUT2D eigenvalue weighted by Gasteiger charge is 2.27. The molecule has 0 aromatic rings. The molecule has 22 heavy (non-hydrogen) atoms. The number of ether oxygens (including phenoxy) is 1. The van der Waals surface area contributed by atoms with Crippen LogP contribution in [0, 0.1) is 0 Å². The van der Waals surface area contributed by atoms with Crippen molar-refractivity contribution >= 4 is 18.0 Å². The summed E-state index contributed by atoms with van der Waals surface area (Å²) >= 11 is 0. The van der Waals surface area contributed by atoms with E-state index in [9.17, 15) is 14.4 Å². The summed E-state index contributed by atoms with van der Waals surface area (Å²) < 4.78 is 5.09. The van der Waals surface area contributed by atoms with Gasteiger partial charge in [0.25, 0.3) is 0 Å². The molecule has 1 unspecified atom stereocenters. The molecule has 0 heterocycles. The molecule has 0 aromatic heterocycles. The first-order valence-electron chi connectivity index (χ1n) is 6.82. The molecule has 0 aliphatic rings. The number of carboxylic acid groups (broad SMARTS) is 1. The van der Waals surface area contributed by atoms with Crippen LogP contribution in [0.1, 0.15) is 27.2 Å². The van der Waals surface area contributed by atoms with Crippen molar-refractivity contribution in [3.05, 3.63) is 25.3 Å². The Hall–Kier alpha value is -2.31. The van der Waals surface area contributed by atoms with Gasteiger partial charge in [-0.3, -0.25) is 9.59 Å². The van der Waals surface area contributed by atoms with Crippen LogP contribution in [0.25, 0.3) is 0 Å². The SMILES string of the molecule is C=CCC(NC(=O)OC(C)(C)C)C(=O)N(CC=C)CC(=O)O. The number of carbonyl (C=O) groups is 3. The number of aliphatic carboxylic acids is 1. The highest BCUT2D eigenvalue weighted by atomic mass is 16.6. The van der Waals surface area contributed by atoms with Gasteiger partial charge in [-0.15, -0.1) is 13.2 Å². The number of carbonyl (C=O) groups excluding carboxylic acids is 2.